The van der Waals surface area contributed by atoms with Gasteiger partial charge in [0.1, 0.15) is 5.82 Å². The number of carbonyl (C=O) groups excluding carboxylic acids is 1. The van der Waals surface area contributed by atoms with Crippen molar-refractivity contribution in [2.45, 2.75) is 6.92 Å². The highest BCUT2D eigenvalue weighted by Gasteiger charge is 2.16. The fraction of sp³-hybridized carbons (Fsp3) is 0.600. The van der Waals surface area contributed by atoms with Crippen LogP contribution < -0.4 is 10.2 Å². The number of aliphatic hydroxyl groups excluding tert-OH is 1. The van der Waals surface area contributed by atoms with Crippen LogP contribution in [0.5, 0.6) is 0 Å². The van der Waals surface area contributed by atoms with Gasteiger partial charge >= 0.3 is 0 Å². The summed E-state index contributed by atoms with van der Waals surface area (Å²) in [6.45, 7) is 6.30. The number of anilines is 1. The molecule has 1 amide bonds. The van der Waals surface area contributed by atoms with Crippen molar-refractivity contribution < 1.29 is 9.90 Å². The lowest BCUT2D eigenvalue weighted by molar-refractivity contribution is 0.0942. The summed E-state index contributed by atoms with van der Waals surface area (Å²) in [5, 5.41) is 11.8. The Morgan fingerprint density at radius 1 is 1.43 bits per heavy atom. The number of nitrogens with zero attached hydrogens (tertiary/aromatic N) is 3. The summed E-state index contributed by atoms with van der Waals surface area (Å²) in [6, 6.07) is 3.56. The molecule has 0 aromatic carbocycles. The van der Waals surface area contributed by atoms with E-state index in [-0.39, 0.29) is 18.4 Å². The van der Waals surface area contributed by atoms with E-state index < -0.39 is 0 Å². The average molecular weight is 292 g/mol. The summed E-state index contributed by atoms with van der Waals surface area (Å²) < 4.78 is 0. The minimum absolute atomic E-state index is 0.0629. The van der Waals surface area contributed by atoms with Gasteiger partial charge in [0.2, 0.25) is 0 Å². The van der Waals surface area contributed by atoms with Gasteiger partial charge in [-0.25, -0.2) is 4.98 Å². The lowest BCUT2D eigenvalue weighted by atomic mass is 10.2. The predicted octanol–water partition coefficient (Wildman–Crippen LogP) is 0.192. The largest absolute Gasteiger partial charge is 0.396 e. The zero-order chi connectivity index (χ0) is 15.2. The van der Waals surface area contributed by atoms with Crippen LogP contribution in [0.2, 0.25) is 0 Å². The van der Waals surface area contributed by atoms with Gasteiger partial charge in [0, 0.05) is 51.1 Å². The number of amides is 1. The van der Waals surface area contributed by atoms with E-state index in [1.165, 1.54) is 0 Å². The van der Waals surface area contributed by atoms with E-state index in [9.17, 15) is 4.79 Å². The van der Waals surface area contributed by atoms with Gasteiger partial charge in [-0.2, -0.15) is 0 Å². The monoisotopic (exact) mass is 292 g/mol. The molecule has 2 heterocycles. The number of piperazine rings is 1. The number of aliphatic hydroxyl groups is 1. The topological polar surface area (TPSA) is 68.7 Å². The molecular formula is C15H24N4O2. The lowest BCUT2D eigenvalue weighted by Crippen LogP contribution is -2.44. The van der Waals surface area contributed by atoms with Gasteiger partial charge in [-0.1, -0.05) is 6.92 Å². The highest BCUT2D eigenvalue weighted by atomic mass is 16.3. The molecule has 1 aliphatic rings. The van der Waals surface area contributed by atoms with E-state index in [0.717, 1.165) is 32.0 Å². The van der Waals surface area contributed by atoms with E-state index in [4.69, 9.17) is 5.11 Å². The van der Waals surface area contributed by atoms with Crippen molar-refractivity contribution in [3.63, 3.8) is 0 Å². The number of hydrogen-bond acceptors (Lipinski definition) is 5. The smallest absolute Gasteiger partial charge is 0.251 e. The molecule has 0 spiro atoms. The van der Waals surface area contributed by atoms with E-state index in [2.05, 4.69) is 27.1 Å². The van der Waals surface area contributed by atoms with Gasteiger partial charge in [0.15, 0.2) is 0 Å². The third-order valence-electron chi connectivity index (χ3n) is 3.76. The Bertz CT molecular complexity index is 472. The summed E-state index contributed by atoms with van der Waals surface area (Å²) in [7, 11) is 2.11. The summed E-state index contributed by atoms with van der Waals surface area (Å²) in [5.74, 6) is 0.798. The van der Waals surface area contributed by atoms with Crippen molar-refractivity contribution in [1.29, 1.82) is 0 Å². The Hall–Kier alpha value is -1.66. The van der Waals surface area contributed by atoms with Gasteiger partial charge in [-0.05, 0) is 25.1 Å². The van der Waals surface area contributed by atoms with Crippen LogP contribution in [0.1, 0.15) is 17.3 Å². The molecule has 1 aromatic heterocycles. The SMILES string of the molecule is CC(CO)CNC(=O)c1ccnc(N2CCN(C)CC2)c1. The van der Waals surface area contributed by atoms with Crippen LogP contribution >= 0.6 is 0 Å². The van der Waals surface area contributed by atoms with Gasteiger partial charge < -0.3 is 20.2 Å². The Morgan fingerprint density at radius 3 is 2.81 bits per heavy atom. The van der Waals surface area contributed by atoms with Crippen LogP contribution in [-0.2, 0) is 0 Å². The van der Waals surface area contributed by atoms with E-state index >= 15 is 0 Å². The molecule has 1 aromatic rings. The summed E-state index contributed by atoms with van der Waals surface area (Å²) in [4.78, 5) is 21.0. The molecule has 1 fully saturated rings. The Morgan fingerprint density at radius 2 is 2.14 bits per heavy atom. The second kappa shape index (κ2) is 7.38. The van der Waals surface area contributed by atoms with E-state index in [0.29, 0.717) is 12.1 Å². The van der Waals surface area contributed by atoms with Gasteiger partial charge in [-0.15, -0.1) is 0 Å². The quantitative estimate of drug-likeness (QED) is 0.811. The molecule has 0 radical (unpaired) electrons. The molecule has 116 valence electrons. The molecule has 0 saturated carbocycles. The van der Waals surface area contributed by atoms with Crippen LogP contribution in [-0.4, -0.2) is 67.3 Å². The number of nitrogens with one attached hydrogen (secondary N) is 1. The number of likely N-dealkylation sites (N-methyl/N-ethyl adjacent to an activating group) is 1. The number of rotatable bonds is 5. The van der Waals surface area contributed by atoms with Crippen molar-refractivity contribution in [2.24, 2.45) is 5.92 Å². The van der Waals surface area contributed by atoms with E-state index in [1.54, 1.807) is 12.3 Å². The van der Waals surface area contributed by atoms with Crippen molar-refractivity contribution in [2.75, 3.05) is 51.3 Å². The zero-order valence-electron chi connectivity index (χ0n) is 12.7. The number of pyridine rings is 1. The molecule has 2 rings (SSSR count). The average Bonchev–Trinajstić information content (AvgIpc) is 2.53. The molecular weight excluding hydrogens is 268 g/mol. The third kappa shape index (κ3) is 4.41. The predicted molar refractivity (Wildman–Crippen MR) is 82.5 cm³/mol. The molecule has 2 N–H and O–H groups in total. The van der Waals surface area contributed by atoms with Crippen LogP contribution in [0.25, 0.3) is 0 Å². The lowest BCUT2D eigenvalue weighted by Gasteiger charge is -2.33. The molecule has 0 bridgehead atoms. The molecule has 1 unspecified atom stereocenters. The Labute approximate surface area is 125 Å². The molecule has 21 heavy (non-hydrogen) atoms. The normalized spacial score (nSPS) is 17.6. The maximum absolute atomic E-state index is 12.1. The standard InChI is InChI=1S/C15H24N4O2/c1-12(11-20)10-17-15(21)13-3-4-16-14(9-13)19-7-5-18(2)6-8-19/h3-4,9,12,20H,5-8,10-11H2,1-2H3,(H,17,21). The first kappa shape index (κ1) is 15.7. The Balaban J connectivity index is 1.98. The van der Waals surface area contributed by atoms with Crippen LogP contribution in [0, 0.1) is 5.92 Å². The summed E-state index contributed by atoms with van der Waals surface area (Å²) >= 11 is 0. The zero-order valence-corrected chi connectivity index (χ0v) is 12.7. The third-order valence-corrected chi connectivity index (χ3v) is 3.76. The highest BCUT2D eigenvalue weighted by molar-refractivity contribution is 5.94. The molecule has 6 heteroatoms. The van der Waals surface area contributed by atoms with Crippen molar-refractivity contribution in [3.8, 4) is 0 Å². The highest BCUT2D eigenvalue weighted by Crippen LogP contribution is 2.14. The number of carbonyl (C=O) groups is 1. The van der Waals surface area contributed by atoms with Crippen molar-refractivity contribution in [1.82, 2.24) is 15.2 Å². The second-order valence-corrected chi connectivity index (χ2v) is 5.69. The van der Waals surface area contributed by atoms with Gasteiger partial charge in [0.05, 0.1) is 0 Å². The number of aromatic nitrogens is 1. The van der Waals surface area contributed by atoms with Gasteiger partial charge in [-0.3, -0.25) is 4.79 Å². The minimum Gasteiger partial charge on any atom is -0.396 e. The Kier molecular flexibility index (Phi) is 5.52. The van der Waals surface area contributed by atoms with Crippen LogP contribution in [0.15, 0.2) is 18.3 Å². The first-order chi connectivity index (χ1) is 10.1. The molecule has 0 aliphatic carbocycles. The molecule has 6 nitrogen and oxygen atoms in total. The second-order valence-electron chi connectivity index (χ2n) is 5.69. The van der Waals surface area contributed by atoms with Gasteiger partial charge in [0.25, 0.3) is 5.91 Å². The van der Waals surface area contributed by atoms with Crippen molar-refractivity contribution in [3.05, 3.63) is 23.9 Å². The van der Waals surface area contributed by atoms with E-state index in [1.807, 2.05) is 13.0 Å². The molecule has 1 aliphatic heterocycles. The molecule has 1 saturated heterocycles. The first-order valence-electron chi connectivity index (χ1n) is 7.38. The summed E-state index contributed by atoms with van der Waals surface area (Å²) in [5.41, 5.74) is 0.615. The minimum atomic E-state index is -0.118. The molecule has 1 atom stereocenters. The summed E-state index contributed by atoms with van der Waals surface area (Å²) in [6.07, 6.45) is 1.68. The van der Waals surface area contributed by atoms with Crippen LogP contribution in [0.4, 0.5) is 5.82 Å². The fourth-order valence-electron chi connectivity index (χ4n) is 2.20. The van der Waals surface area contributed by atoms with Crippen LogP contribution in [0.3, 0.4) is 0 Å². The first-order valence-corrected chi connectivity index (χ1v) is 7.38. The fourth-order valence-corrected chi connectivity index (χ4v) is 2.20. The van der Waals surface area contributed by atoms with Crippen molar-refractivity contribution >= 4 is 11.7 Å². The number of hydrogen-bond donors (Lipinski definition) is 2. The maximum atomic E-state index is 12.1. The maximum Gasteiger partial charge on any atom is 0.251 e.